The van der Waals surface area contributed by atoms with E-state index in [2.05, 4.69) is 10.9 Å². The van der Waals surface area contributed by atoms with E-state index in [9.17, 15) is 26.7 Å². The van der Waals surface area contributed by atoms with Gasteiger partial charge in [-0.05, 0) is 55.2 Å². The molecule has 1 fully saturated rings. The van der Waals surface area contributed by atoms with Crippen LogP contribution in [0.2, 0.25) is 0 Å². The normalized spacial score (nSPS) is 19.1. The SMILES string of the molecule is CN(CCCC1CC(c2ccc(F)cc2)NN1)C(=O)c1ccc(F)c(C(F)(F)F)c1. The fourth-order valence-electron chi connectivity index (χ4n) is 3.50. The molecule has 1 aliphatic heterocycles. The second-order valence-electron chi connectivity index (χ2n) is 7.39. The van der Waals surface area contributed by atoms with Crippen molar-refractivity contribution >= 4 is 5.91 Å². The molecule has 0 radical (unpaired) electrons. The lowest BCUT2D eigenvalue weighted by molar-refractivity contribution is -0.140. The van der Waals surface area contributed by atoms with Gasteiger partial charge in [0, 0.05) is 31.2 Å². The monoisotopic (exact) mass is 427 g/mol. The van der Waals surface area contributed by atoms with Crippen molar-refractivity contribution < 1.29 is 26.7 Å². The van der Waals surface area contributed by atoms with Crippen molar-refractivity contribution in [1.29, 1.82) is 0 Å². The van der Waals surface area contributed by atoms with Crippen LogP contribution >= 0.6 is 0 Å². The number of carbonyl (C=O) groups excluding carboxylic acids is 1. The zero-order valence-electron chi connectivity index (χ0n) is 16.3. The molecule has 30 heavy (non-hydrogen) atoms. The van der Waals surface area contributed by atoms with Crippen molar-refractivity contribution in [2.75, 3.05) is 13.6 Å². The van der Waals surface area contributed by atoms with Crippen LogP contribution in [0.15, 0.2) is 42.5 Å². The zero-order valence-corrected chi connectivity index (χ0v) is 16.3. The molecule has 1 aliphatic rings. The average Bonchev–Trinajstić information content (AvgIpc) is 3.16. The fraction of sp³-hybridized carbons (Fsp3) is 0.381. The number of carbonyl (C=O) groups is 1. The summed E-state index contributed by atoms with van der Waals surface area (Å²) >= 11 is 0. The Morgan fingerprint density at radius 3 is 2.47 bits per heavy atom. The van der Waals surface area contributed by atoms with E-state index < -0.39 is 23.5 Å². The largest absolute Gasteiger partial charge is 0.419 e. The molecule has 1 saturated heterocycles. The van der Waals surface area contributed by atoms with Gasteiger partial charge in [0.25, 0.3) is 5.91 Å². The van der Waals surface area contributed by atoms with Crippen molar-refractivity contribution in [3.63, 3.8) is 0 Å². The quantitative estimate of drug-likeness (QED) is 0.670. The zero-order chi connectivity index (χ0) is 21.9. The molecule has 2 N–H and O–H groups in total. The van der Waals surface area contributed by atoms with Crippen LogP contribution in [0, 0.1) is 11.6 Å². The summed E-state index contributed by atoms with van der Waals surface area (Å²) < 4.78 is 65.0. The smallest absolute Gasteiger partial charge is 0.342 e. The van der Waals surface area contributed by atoms with Gasteiger partial charge < -0.3 is 4.90 Å². The third-order valence-corrected chi connectivity index (χ3v) is 5.17. The standard InChI is InChI=1S/C21H22F5N3O/c1-29(20(30)14-6-9-18(23)17(11-14)21(24,25)26)10-2-3-16-12-19(28-27-16)13-4-7-15(22)8-5-13/h4-9,11,16,19,27-28H,2-3,10,12H2,1H3. The highest BCUT2D eigenvalue weighted by Crippen LogP contribution is 2.32. The van der Waals surface area contributed by atoms with Gasteiger partial charge in [0.15, 0.2) is 0 Å². The Bertz CT molecular complexity index is 885. The van der Waals surface area contributed by atoms with E-state index in [1.54, 1.807) is 12.1 Å². The fourth-order valence-corrected chi connectivity index (χ4v) is 3.50. The second-order valence-corrected chi connectivity index (χ2v) is 7.39. The number of halogens is 5. The summed E-state index contributed by atoms with van der Waals surface area (Å²) in [5, 5.41) is 0. The number of hydrazine groups is 1. The Morgan fingerprint density at radius 1 is 1.10 bits per heavy atom. The van der Waals surface area contributed by atoms with Gasteiger partial charge in [-0.25, -0.2) is 8.78 Å². The molecular weight excluding hydrogens is 405 g/mol. The number of alkyl halides is 3. The van der Waals surface area contributed by atoms with Crippen molar-refractivity contribution in [2.24, 2.45) is 0 Å². The van der Waals surface area contributed by atoms with Crippen LogP contribution in [0.3, 0.4) is 0 Å². The summed E-state index contributed by atoms with van der Waals surface area (Å²) in [5.74, 6) is -2.29. The lowest BCUT2D eigenvalue weighted by Gasteiger charge is -2.19. The molecule has 1 amide bonds. The van der Waals surface area contributed by atoms with Crippen LogP contribution < -0.4 is 10.9 Å². The van der Waals surface area contributed by atoms with Gasteiger partial charge in [-0.3, -0.25) is 15.6 Å². The predicted octanol–water partition coefficient (Wildman–Crippen LogP) is 4.44. The first-order chi connectivity index (χ1) is 14.1. The molecule has 9 heteroatoms. The van der Waals surface area contributed by atoms with Crippen molar-refractivity contribution in [3.05, 3.63) is 70.8 Å². The molecule has 162 valence electrons. The molecule has 2 aromatic carbocycles. The molecule has 3 rings (SSSR count). The third-order valence-electron chi connectivity index (χ3n) is 5.17. The number of benzene rings is 2. The van der Waals surface area contributed by atoms with Gasteiger partial charge >= 0.3 is 6.18 Å². The molecule has 0 bridgehead atoms. The summed E-state index contributed by atoms with van der Waals surface area (Å²) in [7, 11) is 1.50. The Labute approximate surface area is 171 Å². The molecule has 4 nitrogen and oxygen atoms in total. The van der Waals surface area contributed by atoms with Gasteiger partial charge in [0.2, 0.25) is 0 Å². The maximum absolute atomic E-state index is 13.4. The highest BCUT2D eigenvalue weighted by atomic mass is 19.4. The van der Waals surface area contributed by atoms with Crippen LogP contribution in [0.4, 0.5) is 22.0 Å². The topological polar surface area (TPSA) is 44.4 Å². The van der Waals surface area contributed by atoms with E-state index >= 15 is 0 Å². The maximum atomic E-state index is 13.4. The summed E-state index contributed by atoms with van der Waals surface area (Å²) in [6, 6.07) is 8.72. The van der Waals surface area contributed by atoms with E-state index in [0.717, 1.165) is 24.5 Å². The van der Waals surface area contributed by atoms with Gasteiger partial charge in [-0.15, -0.1) is 0 Å². The number of nitrogens with one attached hydrogen (secondary N) is 2. The molecule has 0 saturated carbocycles. The number of amides is 1. The molecule has 0 aliphatic carbocycles. The number of hydrogen-bond acceptors (Lipinski definition) is 3. The number of nitrogens with zero attached hydrogens (tertiary/aromatic N) is 1. The summed E-state index contributed by atoms with van der Waals surface area (Å²) in [5.41, 5.74) is 5.64. The molecule has 2 atom stereocenters. The first kappa shape index (κ1) is 22.2. The lowest BCUT2D eigenvalue weighted by atomic mass is 9.99. The minimum Gasteiger partial charge on any atom is -0.342 e. The van der Waals surface area contributed by atoms with Crippen LogP contribution in [-0.4, -0.2) is 30.4 Å². The summed E-state index contributed by atoms with van der Waals surface area (Å²) in [4.78, 5) is 13.7. The summed E-state index contributed by atoms with van der Waals surface area (Å²) in [6.45, 7) is 0.344. The first-order valence-electron chi connectivity index (χ1n) is 9.54. The highest BCUT2D eigenvalue weighted by Gasteiger charge is 2.35. The second kappa shape index (κ2) is 9.09. The number of hydrogen-bond donors (Lipinski definition) is 2. The van der Waals surface area contributed by atoms with Crippen molar-refractivity contribution in [1.82, 2.24) is 15.8 Å². The Kier molecular flexibility index (Phi) is 6.72. The lowest BCUT2D eigenvalue weighted by Crippen LogP contribution is -2.32. The molecule has 0 aromatic heterocycles. The molecule has 2 unspecified atom stereocenters. The molecular formula is C21H22F5N3O. The van der Waals surface area contributed by atoms with Gasteiger partial charge in [0.05, 0.1) is 5.56 Å². The van der Waals surface area contributed by atoms with E-state index in [0.29, 0.717) is 25.1 Å². The first-order valence-corrected chi connectivity index (χ1v) is 9.54. The van der Waals surface area contributed by atoms with Crippen molar-refractivity contribution in [3.8, 4) is 0 Å². The van der Waals surface area contributed by atoms with E-state index in [1.165, 1.54) is 24.1 Å². The molecule has 2 aromatic rings. The Balaban J connectivity index is 1.50. The van der Waals surface area contributed by atoms with Crippen LogP contribution in [-0.2, 0) is 6.18 Å². The van der Waals surface area contributed by atoms with Crippen LogP contribution in [0.25, 0.3) is 0 Å². The highest BCUT2D eigenvalue weighted by molar-refractivity contribution is 5.94. The third kappa shape index (κ3) is 5.34. The van der Waals surface area contributed by atoms with Crippen LogP contribution in [0.5, 0.6) is 0 Å². The summed E-state index contributed by atoms with van der Waals surface area (Å²) in [6.07, 6.45) is -2.71. The van der Waals surface area contributed by atoms with Gasteiger partial charge in [0.1, 0.15) is 11.6 Å². The van der Waals surface area contributed by atoms with E-state index in [-0.39, 0.29) is 23.5 Å². The minimum absolute atomic E-state index is 0.0509. The number of rotatable bonds is 6. The van der Waals surface area contributed by atoms with Crippen molar-refractivity contribution in [2.45, 2.75) is 37.5 Å². The average molecular weight is 427 g/mol. The van der Waals surface area contributed by atoms with E-state index in [1.807, 2.05) is 0 Å². The predicted molar refractivity (Wildman–Crippen MR) is 101 cm³/mol. The van der Waals surface area contributed by atoms with Gasteiger partial charge in [-0.1, -0.05) is 12.1 Å². The minimum atomic E-state index is -4.86. The molecule has 0 spiro atoms. The van der Waals surface area contributed by atoms with Gasteiger partial charge in [-0.2, -0.15) is 13.2 Å². The maximum Gasteiger partial charge on any atom is 0.419 e. The molecule has 1 heterocycles. The van der Waals surface area contributed by atoms with E-state index in [4.69, 9.17) is 0 Å². The Morgan fingerprint density at radius 2 is 1.80 bits per heavy atom. The van der Waals surface area contributed by atoms with Crippen LogP contribution in [0.1, 0.15) is 46.8 Å². The Hall–Kier alpha value is -2.52.